The van der Waals surface area contributed by atoms with Crippen molar-refractivity contribution in [2.45, 2.75) is 37.5 Å². The lowest BCUT2D eigenvalue weighted by molar-refractivity contribution is -0.135. The molecule has 0 heterocycles. The Balaban J connectivity index is 1.22. The molecule has 4 nitrogen and oxygen atoms in total. The molecule has 48 heavy (non-hydrogen) atoms. The van der Waals surface area contributed by atoms with Gasteiger partial charge in [-0.25, -0.2) is 0 Å². The average molecular weight is 629 g/mol. The molecular weight excluding hydrogens is 592 g/mol. The Labute approximate surface area is 281 Å². The van der Waals surface area contributed by atoms with Crippen molar-refractivity contribution in [3.63, 3.8) is 0 Å². The average Bonchev–Trinajstić information content (AvgIpc) is 3.40. The molecule has 7 rings (SSSR count). The third-order valence-electron chi connectivity index (χ3n) is 9.30. The molecule has 0 atom stereocenters. The molecule has 0 bridgehead atoms. The molecule has 0 aliphatic heterocycles. The Morgan fingerprint density at radius 1 is 0.438 bits per heavy atom. The van der Waals surface area contributed by atoms with Crippen LogP contribution in [-0.4, -0.2) is 11.9 Å². The van der Waals surface area contributed by atoms with Gasteiger partial charge >= 0.3 is 11.9 Å². The van der Waals surface area contributed by atoms with Gasteiger partial charge in [0.25, 0.3) is 0 Å². The van der Waals surface area contributed by atoms with Crippen molar-refractivity contribution in [1.29, 1.82) is 0 Å². The molecule has 0 spiro atoms. The highest BCUT2D eigenvalue weighted by molar-refractivity contribution is 5.83. The lowest BCUT2D eigenvalue weighted by Gasteiger charge is -2.33. The lowest BCUT2D eigenvalue weighted by Crippen LogP contribution is -2.30. The molecule has 0 unspecified atom stereocenters. The Morgan fingerprint density at radius 2 is 0.854 bits per heavy atom. The van der Waals surface area contributed by atoms with Crippen LogP contribution in [0.15, 0.2) is 158 Å². The van der Waals surface area contributed by atoms with E-state index in [1.807, 2.05) is 60.7 Å². The highest BCUT2D eigenvalue weighted by Gasteiger charge is 2.43. The quantitative estimate of drug-likeness (QED) is 0.106. The highest BCUT2D eigenvalue weighted by Crippen LogP contribution is 2.53. The molecule has 0 saturated carbocycles. The summed E-state index contributed by atoms with van der Waals surface area (Å²) in [7, 11) is 0. The number of esters is 2. The molecule has 1 aliphatic carbocycles. The van der Waals surface area contributed by atoms with Crippen molar-refractivity contribution in [3.05, 3.63) is 180 Å². The van der Waals surface area contributed by atoms with E-state index in [0.717, 1.165) is 16.7 Å². The van der Waals surface area contributed by atoms with Crippen LogP contribution in [0.4, 0.5) is 0 Å². The molecule has 0 saturated heterocycles. The monoisotopic (exact) mass is 628 g/mol. The van der Waals surface area contributed by atoms with E-state index >= 15 is 0 Å². The third-order valence-corrected chi connectivity index (χ3v) is 9.30. The molecule has 0 amide bonds. The fraction of sp³-hybridized carbons (Fsp3) is 0.136. The topological polar surface area (TPSA) is 52.6 Å². The van der Waals surface area contributed by atoms with Crippen LogP contribution in [0.1, 0.15) is 41.5 Å². The Bertz CT molecular complexity index is 2000. The van der Waals surface area contributed by atoms with E-state index in [1.165, 1.54) is 27.8 Å². The molecule has 236 valence electrons. The van der Waals surface area contributed by atoms with E-state index in [9.17, 15) is 9.59 Å². The van der Waals surface area contributed by atoms with Crippen LogP contribution in [0.3, 0.4) is 0 Å². The van der Waals surface area contributed by atoms with Gasteiger partial charge in [0.1, 0.15) is 11.5 Å². The molecule has 0 N–H and O–H groups in total. The number of hydrogen-bond donors (Lipinski definition) is 0. The summed E-state index contributed by atoms with van der Waals surface area (Å²) >= 11 is 0. The number of carbonyl (C=O) groups excluding carboxylic acids is 2. The van der Waals surface area contributed by atoms with Gasteiger partial charge in [0.15, 0.2) is 0 Å². The Morgan fingerprint density at radius 3 is 1.42 bits per heavy atom. The normalized spacial score (nSPS) is 12.5. The summed E-state index contributed by atoms with van der Waals surface area (Å²) in [6.07, 6.45) is 2.37. The number of hydrogen-bond acceptors (Lipinski definition) is 4. The van der Waals surface area contributed by atoms with Crippen molar-refractivity contribution < 1.29 is 19.1 Å². The highest BCUT2D eigenvalue weighted by atomic mass is 16.5. The fourth-order valence-electron chi connectivity index (χ4n) is 7.12. The largest absolute Gasteiger partial charge is 0.427 e. The first kappa shape index (κ1) is 30.9. The predicted octanol–water partition coefficient (Wildman–Crippen LogP) is 9.79. The molecule has 1 aliphatic rings. The van der Waals surface area contributed by atoms with E-state index in [2.05, 4.69) is 84.9 Å². The second kappa shape index (κ2) is 13.9. The number of carbonyl (C=O) groups is 2. The summed E-state index contributed by atoms with van der Waals surface area (Å²) in [5.41, 5.74) is 8.90. The summed E-state index contributed by atoms with van der Waals surface area (Å²) in [5.74, 6) is 0.600. The number of fused-ring (bicyclic) bond motifs is 3. The van der Waals surface area contributed by atoms with Crippen LogP contribution in [0, 0.1) is 0 Å². The smallest absolute Gasteiger partial charge is 0.311 e. The van der Waals surface area contributed by atoms with Gasteiger partial charge in [-0.3, -0.25) is 9.59 Å². The zero-order valence-corrected chi connectivity index (χ0v) is 26.7. The first-order valence-corrected chi connectivity index (χ1v) is 16.5. The molecule has 0 fully saturated rings. The van der Waals surface area contributed by atoms with Gasteiger partial charge < -0.3 is 9.47 Å². The Kier molecular flexibility index (Phi) is 8.97. The predicted molar refractivity (Wildman–Crippen MR) is 190 cm³/mol. The number of benzene rings is 6. The van der Waals surface area contributed by atoms with Crippen molar-refractivity contribution in [2.24, 2.45) is 0 Å². The van der Waals surface area contributed by atoms with Crippen molar-refractivity contribution in [1.82, 2.24) is 0 Å². The van der Waals surface area contributed by atoms with Crippen LogP contribution in [-0.2, 0) is 27.8 Å². The molecule has 0 aromatic heterocycles. The number of ether oxygens (including phenoxy) is 2. The van der Waals surface area contributed by atoms with Crippen molar-refractivity contribution >= 4 is 11.9 Å². The zero-order chi connectivity index (χ0) is 32.8. The van der Waals surface area contributed by atoms with Gasteiger partial charge in [-0.1, -0.05) is 133 Å². The van der Waals surface area contributed by atoms with E-state index < -0.39 is 5.41 Å². The number of para-hydroxylation sites is 2. The van der Waals surface area contributed by atoms with E-state index in [0.29, 0.717) is 30.8 Å². The molecule has 0 radical (unpaired) electrons. The second-order valence-corrected chi connectivity index (χ2v) is 12.2. The zero-order valence-electron chi connectivity index (χ0n) is 26.7. The van der Waals surface area contributed by atoms with Gasteiger partial charge in [0.05, 0.1) is 6.42 Å². The second-order valence-electron chi connectivity index (χ2n) is 12.2. The molecule has 4 heteroatoms. The number of rotatable bonds is 11. The van der Waals surface area contributed by atoms with Crippen LogP contribution in [0.5, 0.6) is 11.5 Å². The number of aryl methyl sites for hydroxylation is 1. The van der Waals surface area contributed by atoms with Gasteiger partial charge in [0, 0.05) is 11.8 Å². The summed E-state index contributed by atoms with van der Waals surface area (Å²) in [6, 6.07) is 52.4. The first-order valence-electron chi connectivity index (χ1n) is 16.5. The maximum Gasteiger partial charge on any atom is 0.311 e. The van der Waals surface area contributed by atoms with Gasteiger partial charge in [0.2, 0.25) is 0 Å². The summed E-state index contributed by atoms with van der Waals surface area (Å²) in [4.78, 5) is 26.1. The van der Waals surface area contributed by atoms with Crippen LogP contribution >= 0.6 is 0 Å². The van der Waals surface area contributed by atoms with E-state index in [4.69, 9.17) is 9.47 Å². The standard InChI is InChI=1S/C44H36O4/c45-42(47-34-17-3-1-4-18-34)28-27-32-15-7-9-21-36(32)37-22-10-8-16-33(37)31-44(30-29-43(46)48-35-19-5-2-6-20-35)40-25-13-11-23-38(40)39-24-12-14-26-41(39)44/h1-26H,27-31H2. The lowest BCUT2D eigenvalue weighted by atomic mass is 9.69. The minimum atomic E-state index is -0.451. The van der Waals surface area contributed by atoms with Crippen LogP contribution in [0.25, 0.3) is 22.3 Å². The van der Waals surface area contributed by atoms with Gasteiger partial charge in [-0.15, -0.1) is 0 Å². The molecule has 6 aromatic carbocycles. The minimum Gasteiger partial charge on any atom is -0.427 e. The molecule has 6 aromatic rings. The van der Waals surface area contributed by atoms with E-state index in [-0.39, 0.29) is 24.8 Å². The third kappa shape index (κ3) is 6.43. The maximum absolute atomic E-state index is 13.3. The minimum absolute atomic E-state index is 0.247. The molecular formula is C44H36O4. The Hall–Kier alpha value is -5.74. The summed E-state index contributed by atoms with van der Waals surface area (Å²) in [6.45, 7) is 0. The summed E-state index contributed by atoms with van der Waals surface area (Å²) < 4.78 is 11.3. The van der Waals surface area contributed by atoms with Crippen molar-refractivity contribution in [2.75, 3.05) is 0 Å². The summed E-state index contributed by atoms with van der Waals surface area (Å²) in [5, 5.41) is 0. The fourth-order valence-corrected chi connectivity index (χ4v) is 7.12. The van der Waals surface area contributed by atoms with Crippen molar-refractivity contribution in [3.8, 4) is 33.8 Å². The first-order chi connectivity index (χ1) is 23.6. The van der Waals surface area contributed by atoms with Crippen LogP contribution in [0.2, 0.25) is 0 Å². The van der Waals surface area contributed by atoms with Crippen LogP contribution < -0.4 is 9.47 Å². The van der Waals surface area contributed by atoms with Gasteiger partial charge in [-0.2, -0.15) is 0 Å². The SMILES string of the molecule is O=C(CCc1ccccc1-c1ccccc1CC1(CCC(=O)Oc2ccccc2)c2ccccc2-c2ccccc21)Oc1ccccc1. The maximum atomic E-state index is 13.3. The van der Waals surface area contributed by atoms with E-state index in [1.54, 1.807) is 12.1 Å². The van der Waals surface area contributed by atoms with Gasteiger partial charge in [-0.05, 0) is 88.0 Å².